The minimum absolute atomic E-state index is 0.0209. The number of sulfonamides is 1. The molecule has 0 radical (unpaired) electrons. The largest absolute Gasteiger partial charge is 0.354 e. The first kappa shape index (κ1) is 23.3. The maximum Gasteiger partial charge on any atom is 0.243 e. The number of rotatable bonds is 12. The molecule has 0 bridgehead atoms. The van der Waals surface area contributed by atoms with Crippen LogP contribution in [-0.2, 0) is 30.8 Å². The summed E-state index contributed by atoms with van der Waals surface area (Å²) in [6.45, 7) is 0.0121. The van der Waals surface area contributed by atoms with Gasteiger partial charge < -0.3 is 16.0 Å². The fourth-order valence-electron chi connectivity index (χ4n) is 2.94. The molecule has 2 fully saturated rings. The van der Waals surface area contributed by atoms with Crippen molar-refractivity contribution in [1.82, 2.24) is 20.9 Å². The molecule has 0 unspecified atom stereocenters. The van der Waals surface area contributed by atoms with E-state index >= 15 is 0 Å². The molecule has 0 aliphatic heterocycles. The highest BCUT2D eigenvalue weighted by atomic mass is 32.2. The number of primary sulfonamides is 1. The molecule has 0 heterocycles. The number of nitrogens with zero attached hydrogens (tertiary/aromatic N) is 1. The molecule has 5 N–H and O–H groups in total. The van der Waals surface area contributed by atoms with E-state index in [-0.39, 0.29) is 31.1 Å². The maximum absolute atomic E-state index is 12.5. The molecule has 0 spiro atoms. The van der Waals surface area contributed by atoms with E-state index in [2.05, 4.69) is 16.0 Å². The predicted molar refractivity (Wildman–Crippen MR) is 113 cm³/mol. The van der Waals surface area contributed by atoms with E-state index in [0.29, 0.717) is 18.5 Å². The average molecular weight is 452 g/mol. The van der Waals surface area contributed by atoms with Crippen molar-refractivity contribution in [3.63, 3.8) is 0 Å². The van der Waals surface area contributed by atoms with Crippen LogP contribution in [0.15, 0.2) is 29.2 Å². The van der Waals surface area contributed by atoms with Gasteiger partial charge in [0.2, 0.25) is 27.7 Å². The van der Waals surface area contributed by atoms with Crippen molar-refractivity contribution < 1.29 is 22.8 Å². The first-order valence-electron chi connectivity index (χ1n) is 10.4. The summed E-state index contributed by atoms with van der Waals surface area (Å²) in [6.07, 6.45) is 4.53. The van der Waals surface area contributed by atoms with Crippen LogP contribution >= 0.6 is 0 Å². The van der Waals surface area contributed by atoms with Crippen LogP contribution in [0.2, 0.25) is 0 Å². The van der Waals surface area contributed by atoms with Gasteiger partial charge >= 0.3 is 0 Å². The van der Waals surface area contributed by atoms with Crippen molar-refractivity contribution in [3.8, 4) is 0 Å². The molecular formula is C20H29N5O5S. The Labute approximate surface area is 182 Å². The second kappa shape index (κ2) is 10.3. The van der Waals surface area contributed by atoms with Gasteiger partial charge in [-0.3, -0.25) is 19.3 Å². The highest BCUT2D eigenvalue weighted by Gasteiger charge is 2.28. The molecule has 2 aliphatic rings. The van der Waals surface area contributed by atoms with E-state index in [9.17, 15) is 22.8 Å². The quantitative estimate of drug-likeness (QED) is 0.313. The minimum Gasteiger partial charge on any atom is -0.354 e. The molecule has 3 amide bonds. The van der Waals surface area contributed by atoms with Gasteiger partial charge in [-0.05, 0) is 49.8 Å². The second-order valence-electron chi connectivity index (χ2n) is 7.97. The van der Waals surface area contributed by atoms with E-state index in [4.69, 9.17) is 5.14 Å². The van der Waals surface area contributed by atoms with Gasteiger partial charge in [-0.2, -0.15) is 0 Å². The number of hydrogen-bond acceptors (Lipinski definition) is 7. The maximum atomic E-state index is 12.5. The zero-order chi connectivity index (χ0) is 22.4. The summed E-state index contributed by atoms with van der Waals surface area (Å²) in [6, 6.07) is 6.70. The van der Waals surface area contributed by atoms with Gasteiger partial charge in [-0.15, -0.1) is 0 Å². The summed E-state index contributed by atoms with van der Waals surface area (Å²) < 4.78 is 22.6. The van der Waals surface area contributed by atoms with Crippen LogP contribution in [0.5, 0.6) is 0 Å². The lowest BCUT2D eigenvalue weighted by molar-refractivity contribution is -0.147. The fraction of sp³-hybridized carbons (Fsp3) is 0.550. The average Bonchev–Trinajstić information content (AvgIpc) is 3.62. The Morgan fingerprint density at radius 2 is 1.45 bits per heavy atom. The zero-order valence-corrected chi connectivity index (χ0v) is 18.1. The van der Waals surface area contributed by atoms with Crippen LogP contribution in [0.25, 0.3) is 0 Å². The van der Waals surface area contributed by atoms with Crippen molar-refractivity contribution in [2.24, 2.45) is 5.14 Å². The van der Waals surface area contributed by atoms with Crippen molar-refractivity contribution in [2.75, 3.05) is 26.2 Å². The fourth-order valence-corrected chi connectivity index (χ4v) is 3.45. The molecule has 3 rings (SSSR count). The Kier molecular flexibility index (Phi) is 7.76. The zero-order valence-electron chi connectivity index (χ0n) is 17.3. The van der Waals surface area contributed by atoms with Crippen molar-refractivity contribution >= 4 is 27.7 Å². The van der Waals surface area contributed by atoms with Crippen molar-refractivity contribution in [3.05, 3.63) is 29.8 Å². The van der Waals surface area contributed by atoms with E-state index < -0.39 is 27.7 Å². The first-order chi connectivity index (χ1) is 14.7. The van der Waals surface area contributed by atoms with Gasteiger partial charge in [0.1, 0.15) is 6.54 Å². The third-order valence-corrected chi connectivity index (χ3v) is 6.06. The minimum atomic E-state index is -3.75. The highest BCUT2D eigenvalue weighted by Crippen LogP contribution is 2.19. The lowest BCUT2D eigenvalue weighted by Gasteiger charge is -2.21. The van der Waals surface area contributed by atoms with Crippen LogP contribution in [-0.4, -0.2) is 69.3 Å². The molecule has 0 saturated heterocycles. The lowest BCUT2D eigenvalue weighted by Crippen LogP contribution is -2.50. The summed E-state index contributed by atoms with van der Waals surface area (Å²) in [5.74, 6) is -1.26. The number of nitrogens with two attached hydrogens (primary N) is 1. The Bertz CT molecular complexity index is 882. The number of amides is 3. The summed E-state index contributed by atoms with van der Waals surface area (Å²) in [7, 11) is -3.75. The van der Waals surface area contributed by atoms with Crippen LogP contribution in [0.3, 0.4) is 0 Å². The molecule has 2 aliphatic carbocycles. The molecular weight excluding hydrogens is 422 g/mol. The van der Waals surface area contributed by atoms with Gasteiger partial charge in [-0.25, -0.2) is 13.6 Å². The molecule has 0 aromatic heterocycles. The molecule has 2 saturated carbocycles. The SMILES string of the molecule is NS(=O)(=O)c1ccc(CCNC(=O)CN(C(=O)CNC2CC2)C(=O)CNC2CC2)cc1. The smallest absolute Gasteiger partial charge is 0.243 e. The molecule has 1 aromatic rings. The van der Waals surface area contributed by atoms with Gasteiger partial charge in [-0.1, -0.05) is 12.1 Å². The molecule has 31 heavy (non-hydrogen) atoms. The third kappa shape index (κ3) is 8.02. The highest BCUT2D eigenvalue weighted by molar-refractivity contribution is 7.89. The number of carbonyl (C=O) groups excluding carboxylic acids is 3. The number of benzene rings is 1. The van der Waals surface area contributed by atoms with Crippen LogP contribution < -0.4 is 21.1 Å². The lowest BCUT2D eigenvalue weighted by atomic mass is 10.1. The predicted octanol–water partition coefficient (Wildman–Crippen LogP) is -1.15. The Balaban J connectivity index is 1.47. The van der Waals surface area contributed by atoms with E-state index in [0.717, 1.165) is 36.1 Å². The number of imide groups is 1. The van der Waals surface area contributed by atoms with Gasteiger partial charge in [0.25, 0.3) is 0 Å². The van der Waals surface area contributed by atoms with E-state index in [1.165, 1.54) is 12.1 Å². The van der Waals surface area contributed by atoms with Crippen molar-refractivity contribution in [1.29, 1.82) is 0 Å². The Morgan fingerprint density at radius 1 is 0.935 bits per heavy atom. The summed E-state index contributed by atoms with van der Waals surface area (Å²) in [4.78, 5) is 38.4. The van der Waals surface area contributed by atoms with E-state index in [1.807, 2.05) is 0 Å². The van der Waals surface area contributed by atoms with Crippen molar-refractivity contribution in [2.45, 2.75) is 49.1 Å². The number of nitrogens with one attached hydrogen (secondary N) is 3. The second-order valence-corrected chi connectivity index (χ2v) is 9.53. The molecule has 170 valence electrons. The monoisotopic (exact) mass is 451 g/mol. The number of carbonyl (C=O) groups is 3. The first-order valence-corrected chi connectivity index (χ1v) is 12.0. The van der Waals surface area contributed by atoms with Crippen LogP contribution in [0.1, 0.15) is 31.2 Å². The Hall–Kier alpha value is -2.34. The summed E-state index contributed by atoms with van der Waals surface area (Å²) in [5, 5.41) is 13.9. The summed E-state index contributed by atoms with van der Waals surface area (Å²) >= 11 is 0. The molecule has 11 heteroatoms. The topological polar surface area (TPSA) is 151 Å². The molecule has 0 atom stereocenters. The van der Waals surface area contributed by atoms with Gasteiger partial charge in [0, 0.05) is 18.6 Å². The van der Waals surface area contributed by atoms with Gasteiger partial charge in [0.05, 0.1) is 18.0 Å². The van der Waals surface area contributed by atoms with E-state index in [1.54, 1.807) is 12.1 Å². The summed E-state index contributed by atoms with van der Waals surface area (Å²) in [5.41, 5.74) is 0.818. The molecule has 10 nitrogen and oxygen atoms in total. The number of hydrogen-bond donors (Lipinski definition) is 4. The third-order valence-electron chi connectivity index (χ3n) is 5.13. The standard InChI is InChI=1S/C20H29N5O5S/c21-31(29,30)17-7-1-14(2-8-17)9-10-22-18(26)13-25(19(27)11-23-15-3-4-15)20(28)12-24-16-5-6-16/h1-2,7-8,15-16,23-24H,3-6,9-13H2,(H,22,26)(H2,21,29,30). The molecule has 1 aromatic carbocycles. The van der Waals surface area contributed by atoms with Crippen LogP contribution in [0, 0.1) is 0 Å². The normalized spacial score (nSPS) is 16.0. The van der Waals surface area contributed by atoms with Gasteiger partial charge in [0.15, 0.2) is 0 Å². The van der Waals surface area contributed by atoms with Crippen LogP contribution in [0.4, 0.5) is 0 Å². The Morgan fingerprint density at radius 3 is 1.90 bits per heavy atom.